The maximum atomic E-state index is 12.4. The lowest BCUT2D eigenvalue weighted by atomic mass is 9.93. The number of hydrogen-bond acceptors (Lipinski definition) is 4. The van der Waals surface area contributed by atoms with Crippen molar-refractivity contribution in [3.05, 3.63) is 35.9 Å². The van der Waals surface area contributed by atoms with E-state index in [9.17, 15) is 14.7 Å². The van der Waals surface area contributed by atoms with E-state index >= 15 is 0 Å². The summed E-state index contributed by atoms with van der Waals surface area (Å²) in [6.07, 6.45) is 2.48. The number of benzene rings is 1. The fourth-order valence-corrected chi connectivity index (χ4v) is 3.58. The van der Waals surface area contributed by atoms with Gasteiger partial charge in [-0.1, -0.05) is 30.3 Å². The van der Waals surface area contributed by atoms with Crippen LogP contribution in [0.3, 0.4) is 0 Å². The molecule has 0 aliphatic carbocycles. The SMILES string of the molecule is O=C(O)[C@H]1C[C@@H](N2CCCC2)CN(C(=O)OCc2ccccc2)C1. The largest absolute Gasteiger partial charge is 0.481 e. The van der Waals surface area contributed by atoms with Crippen LogP contribution < -0.4 is 0 Å². The molecule has 2 atom stereocenters. The van der Waals surface area contributed by atoms with Gasteiger partial charge in [0.15, 0.2) is 0 Å². The number of carbonyl (C=O) groups excluding carboxylic acids is 1. The van der Waals surface area contributed by atoms with Gasteiger partial charge in [-0.2, -0.15) is 0 Å². The Labute approximate surface area is 142 Å². The van der Waals surface area contributed by atoms with Gasteiger partial charge in [-0.25, -0.2) is 4.79 Å². The Morgan fingerprint density at radius 3 is 2.50 bits per heavy atom. The van der Waals surface area contributed by atoms with Crippen LogP contribution >= 0.6 is 0 Å². The number of ether oxygens (including phenoxy) is 1. The molecule has 0 spiro atoms. The quantitative estimate of drug-likeness (QED) is 0.915. The van der Waals surface area contributed by atoms with Gasteiger partial charge in [0, 0.05) is 19.1 Å². The second-order valence-electron chi connectivity index (χ2n) is 6.61. The van der Waals surface area contributed by atoms with E-state index in [1.165, 1.54) is 0 Å². The van der Waals surface area contributed by atoms with Crippen molar-refractivity contribution in [1.82, 2.24) is 9.80 Å². The number of carbonyl (C=O) groups is 2. The van der Waals surface area contributed by atoms with Crippen molar-refractivity contribution in [2.45, 2.75) is 31.9 Å². The maximum absolute atomic E-state index is 12.4. The van der Waals surface area contributed by atoms with Crippen molar-refractivity contribution in [3.8, 4) is 0 Å². The van der Waals surface area contributed by atoms with Gasteiger partial charge in [-0.15, -0.1) is 0 Å². The van der Waals surface area contributed by atoms with Gasteiger partial charge in [0.1, 0.15) is 6.61 Å². The van der Waals surface area contributed by atoms with E-state index in [1.807, 2.05) is 30.3 Å². The molecule has 0 saturated carbocycles. The highest BCUT2D eigenvalue weighted by Crippen LogP contribution is 2.25. The standard InChI is InChI=1S/C18H24N2O4/c21-17(22)15-10-16(19-8-4-5-9-19)12-20(11-15)18(23)24-13-14-6-2-1-3-7-14/h1-3,6-7,15-16H,4-5,8-13H2,(H,21,22)/t15-,16+/m0/s1. The van der Waals surface area contributed by atoms with Crippen LogP contribution in [0.25, 0.3) is 0 Å². The molecule has 1 amide bonds. The van der Waals surface area contributed by atoms with Crippen LogP contribution in [0.15, 0.2) is 30.3 Å². The monoisotopic (exact) mass is 332 g/mol. The smallest absolute Gasteiger partial charge is 0.410 e. The van der Waals surface area contributed by atoms with E-state index in [1.54, 1.807) is 4.90 Å². The second-order valence-corrected chi connectivity index (χ2v) is 6.61. The fourth-order valence-electron chi connectivity index (χ4n) is 3.58. The van der Waals surface area contributed by atoms with Crippen LogP contribution in [-0.2, 0) is 16.1 Å². The molecule has 3 rings (SSSR count). The minimum absolute atomic E-state index is 0.117. The summed E-state index contributed by atoms with van der Waals surface area (Å²) in [5, 5.41) is 9.41. The van der Waals surface area contributed by atoms with Gasteiger partial charge in [-0.3, -0.25) is 9.69 Å². The minimum Gasteiger partial charge on any atom is -0.481 e. The lowest BCUT2D eigenvalue weighted by Crippen LogP contribution is -2.53. The summed E-state index contributed by atoms with van der Waals surface area (Å²) in [6.45, 7) is 2.97. The zero-order valence-electron chi connectivity index (χ0n) is 13.8. The van der Waals surface area contributed by atoms with E-state index in [4.69, 9.17) is 4.74 Å². The van der Waals surface area contributed by atoms with E-state index in [0.717, 1.165) is 31.5 Å². The van der Waals surface area contributed by atoms with Crippen LogP contribution in [0.4, 0.5) is 4.79 Å². The first-order chi connectivity index (χ1) is 11.6. The predicted molar refractivity (Wildman–Crippen MR) is 88.5 cm³/mol. The number of aliphatic carboxylic acids is 1. The Hall–Kier alpha value is -2.08. The lowest BCUT2D eigenvalue weighted by Gasteiger charge is -2.39. The number of nitrogens with zero attached hydrogens (tertiary/aromatic N) is 2. The van der Waals surface area contributed by atoms with Crippen LogP contribution in [0.1, 0.15) is 24.8 Å². The number of rotatable bonds is 4. The Kier molecular flexibility index (Phi) is 5.35. The Balaban J connectivity index is 1.61. The number of amides is 1. The van der Waals surface area contributed by atoms with Crippen LogP contribution in [0.5, 0.6) is 0 Å². The maximum Gasteiger partial charge on any atom is 0.410 e. The molecule has 130 valence electrons. The third-order valence-corrected chi connectivity index (χ3v) is 4.90. The summed E-state index contributed by atoms with van der Waals surface area (Å²) < 4.78 is 5.38. The topological polar surface area (TPSA) is 70.1 Å². The normalized spacial score (nSPS) is 24.8. The van der Waals surface area contributed by atoms with Crippen LogP contribution in [0.2, 0.25) is 0 Å². The first-order valence-electron chi connectivity index (χ1n) is 8.56. The summed E-state index contributed by atoms with van der Waals surface area (Å²) in [4.78, 5) is 27.7. The highest BCUT2D eigenvalue weighted by Gasteiger charge is 2.37. The van der Waals surface area contributed by atoms with Crippen molar-refractivity contribution in [2.75, 3.05) is 26.2 Å². The van der Waals surface area contributed by atoms with Crippen molar-refractivity contribution >= 4 is 12.1 Å². The third kappa shape index (κ3) is 4.06. The number of likely N-dealkylation sites (tertiary alicyclic amines) is 2. The van der Waals surface area contributed by atoms with E-state index in [2.05, 4.69) is 4.90 Å². The van der Waals surface area contributed by atoms with Gasteiger partial charge in [0.2, 0.25) is 0 Å². The molecule has 1 aromatic rings. The molecule has 2 aliphatic heterocycles. The Morgan fingerprint density at radius 1 is 1.12 bits per heavy atom. The van der Waals surface area contributed by atoms with Gasteiger partial charge in [0.25, 0.3) is 0 Å². The van der Waals surface area contributed by atoms with Crippen molar-refractivity contribution < 1.29 is 19.4 Å². The van der Waals surface area contributed by atoms with Crippen molar-refractivity contribution in [1.29, 1.82) is 0 Å². The first kappa shape index (κ1) is 16.8. The molecule has 0 bridgehead atoms. The minimum atomic E-state index is -0.834. The summed E-state index contributed by atoms with van der Waals surface area (Å²) in [6, 6.07) is 9.62. The van der Waals surface area contributed by atoms with Gasteiger partial charge in [-0.05, 0) is 37.9 Å². The Morgan fingerprint density at radius 2 is 1.83 bits per heavy atom. The summed E-state index contributed by atoms with van der Waals surface area (Å²) in [5.74, 6) is -1.35. The molecule has 0 unspecified atom stereocenters. The van der Waals surface area contributed by atoms with Crippen LogP contribution in [-0.4, -0.2) is 59.2 Å². The number of carboxylic acid groups (broad SMARTS) is 1. The molecular weight excluding hydrogens is 308 g/mol. The molecule has 6 nitrogen and oxygen atoms in total. The summed E-state index contributed by atoms with van der Waals surface area (Å²) in [7, 11) is 0. The molecule has 2 saturated heterocycles. The summed E-state index contributed by atoms with van der Waals surface area (Å²) in [5.41, 5.74) is 0.925. The van der Waals surface area contributed by atoms with Gasteiger partial charge < -0.3 is 14.7 Å². The molecular formula is C18H24N2O4. The molecule has 1 N–H and O–H groups in total. The van der Waals surface area contributed by atoms with E-state index in [-0.39, 0.29) is 19.2 Å². The number of piperidine rings is 1. The van der Waals surface area contributed by atoms with Crippen molar-refractivity contribution in [2.24, 2.45) is 5.92 Å². The first-order valence-corrected chi connectivity index (χ1v) is 8.56. The highest BCUT2D eigenvalue weighted by atomic mass is 16.6. The van der Waals surface area contributed by atoms with Gasteiger partial charge in [0.05, 0.1) is 5.92 Å². The molecule has 2 heterocycles. The number of carboxylic acids is 1. The molecule has 6 heteroatoms. The fraction of sp³-hybridized carbons (Fsp3) is 0.556. The van der Waals surface area contributed by atoms with E-state index < -0.39 is 18.0 Å². The molecule has 1 aromatic carbocycles. The summed E-state index contributed by atoms with van der Waals surface area (Å²) >= 11 is 0. The predicted octanol–water partition coefficient (Wildman–Crippen LogP) is 2.19. The van der Waals surface area contributed by atoms with Gasteiger partial charge >= 0.3 is 12.1 Å². The molecule has 2 aliphatic rings. The Bertz CT molecular complexity index is 572. The molecule has 2 fully saturated rings. The highest BCUT2D eigenvalue weighted by molar-refractivity contribution is 5.73. The third-order valence-electron chi connectivity index (χ3n) is 4.90. The zero-order valence-corrected chi connectivity index (χ0v) is 13.8. The molecule has 24 heavy (non-hydrogen) atoms. The van der Waals surface area contributed by atoms with E-state index in [0.29, 0.717) is 13.0 Å². The average molecular weight is 332 g/mol. The number of hydrogen-bond donors (Lipinski definition) is 1. The van der Waals surface area contributed by atoms with Crippen LogP contribution in [0, 0.1) is 5.92 Å². The molecule has 0 aromatic heterocycles. The van der Waals surface area contributed by atoms with Crippen molar-refractivity contribution in [3.63, 3.8) is 0 Å². The molecule has 0 radical (unpaired) electrons. The zero-order chi connectivity index (χ0) is 16.9. The lowest BCUT2D eigenvalue weighted by molar-refractivity contribution is -0.144. The second kappa shape index (κ2) is 7.66. The average Bonchev–Trinajstić information content (AvgIpc) is 3.15.